The molecular formula is C10H9ClN4OS. The molecule has 0 aliphatic rings. The lowest BCUT2D eigenvalue weighted by Crippen LogP contribution is -2.12. The summed E-state index contributed by atoms with van der Waals surface area (Å²) in [5, 5.41) is 11.0. The Kier molecular flexibility index (Phi) is 3.26. The number of hydrogen-bond donors (Lipinski definition) is 2. The molecule has 1 aromatic heterocycles. The van der Waals surface area contributed by atoms with Gasteiger partial charge in [0.1, 0.15) is 0 Å². The van der Waals surface area contributed by atoms with Crippen LogP contribution in [0.5, 0.6) is 0 Å². The Labute approximate surface area is 107 Å². The summed E-state index contributed by atoms with van der Waals surface area (Å²) in [6, 6.07) is 5.29. The van der Waals surface area contributed by atoms with Gasteiger partial charge in [-0.1, -0.05) is 29.0 Å². The molecule has 17 heavy (non-hydrogen) atoms. The van der Waals surface area contributed by atoms with Crippen LogP contribution in [0.2, 0.25) is 5.02 Å². The maximum atomic E-state index is 11.8. The zero-order chi connectivity index (χ0) is 12.4. The maximum absolute atomic E-state index is 11.8. The number of nitrogens with one attached hydrogen (secondary N) is 1. The minimum absolute atomic E-state index is 0.224. The van der Waals surface area contributed by atoms with Gasteiger partial charge in [-0.3, -0.25) is 4.79 Å². The zero-order valence-electron chi connectivity index (χ0n) is 8.90. The van der Waals surface area contributed by atoms with E-state index in [1.165, 1.54) is 0 Å². The fourth-order valence-electron chi connectivity index (χ4n) is 1.24. The number of hydrogen-bond acceptors (Lipinski definition) is 5. The van der Waals surface area contributed by atoms with Crippen molar-refractivity contribution >= 4 is 39.7 Å². The van der Waals surface area contributed by atoms with Crippen LogP contribution in [-0.4, -0.2) is 16.1 Å². The van der Waals surface area contributed by atoms with Crippen molar-refractivity contribution in [3.8, 4) is 0 Å². The first-order valence-electron chi connectivity index (χ1n) is 4.73. The standard InChI is InChI=1S/C10H9ClN4OS/c1-5-6(11)3-2-4-7(5)13-8(16)9-14-15-10(12)17-9/h2-4H,1H3,(H2,12,15)(H,13,16). The highest BCUT2D eigenvalue weighted by Gasteiger charge is 2.13. The van der Waals surface area contributed by atoms with Crippen molar-refractivity contribution < 1.29 is 4.79 Å². The lowest BCUT2D eigenvalue weighted by Gasteiger charge is -2.07. The van der Waals surface area contributed by atoms with Gasteiger partial charge in [-0.2, -0.15) is 0 Å². The summed E-state index contributed by atoms with van der Waals surface area (Å²) in [4.78, 5) is 11.8. The fourth-order valence-corrected chi connectivity index (χ4v) is 1.92. The summed E-state index contributed by atoms with van der Waals surface area (Å²) in [5.74, 6) is -0.343. The molecule has 5 nitrogen and oxygen atoms in total. The minimum Gasteiger partial charge on any atom is -0.374 e. The third-order valence-electron chi connectivity index (χ3n) is 2.15. The quantitative estimate of drug-likeness (QED) is 0.876. The number of nitrogens with two attached hydrogens (primary N) is 1. The van der Waals surface area contributed by atoms with Gasteiger partial charge >= 0.3 is 0 Å². The van der Waals surface area contributed by atoms with E-state index in [1.807, 2.05) is 6.92 Å². The number of halogens is 1. The molecule has 0 saturated heterocycles. The average molecular weight is 269 g/mol. The predicted molar refractivity (Wildman–Crippen MR) is 68.5 cm³/mol. The number of amides is 1. The van der Waals surface area contributed by atoms with Crippen LogP contribution >= 0.6 is 22.9 Å². The molecule has 3 N–H and O–H groups in total. The van der Waals surface area contributed by atoms with E-state index in [0.29, 0.717) is 10.7 Å². The Morgan fingerprint density at radius 2 is 2.24 bits per heavy atom. The Bertz CT molecular complexity index is 569. The summed E-state index contributed by atoms with van der Waals surface area (Å²) in [7, 11) is 0. The molecule has 0 atom stereocenters. The molecule has 7 heteroatoms. The zero-order valence-corrected chi connectivity index (χ0v) is 10.5. The van der Waals surface area contributed by atoms with E-state index in [0.717, 1.165) is 16.9 Å². The lowest BCUT2D eigenvalue weighted by molar-refractivity contribution is 0.102. The molecule has 0 radical (unpaired) electrons. The second-order valence-corrected chi connectivity index (χ2v) is 4.73. The molecule has 2 rings (SSSR count). The minimum atomic E-state index is -0.343. The number of anilines is 2. The summed E-state index contributed by atoms with van der Waals surface area (Å²) in [6.07, 6.45) is 0. The molecular weight excluding hydrogens is 260 g/mol. The number of nitrogen functional groups attached to an aromatic ring is 1. The number of nitrogens with zero attached hydrogens (tertiary/aromatic N) is 2. The number of carbonyl (C=O) groups is 1. The first kappa shape index (κ1) is 11.8. The van der Waals surface area contributed by atoms with Gasteiger partial charge in [0.15, 0.2) is 0 Å². The molecule has 0 saturated carbocycles. The average Bonchev–Trinajstić information content (AvgIpc) is 2.72. The molecule has 0 aliphatic carbocycles. The molecule has 2 aromatic rings. The Hall–Kier alpha value is -1.66. The van der Waals surface area contributed by atoms with Crippen LogP contribution in [0.4, 0.5) is 10.8 Å². The summed E-state index contributed by atoms with van der Waals surface area (Å²) < 4.78 is 0. The number of benzene rings is 1. The highest BCUT2D eigenvalue weighted by atomic mass is 35.5. The third kappa shape index (κ3) is 2.54. The second kappa shape index (κ2) is 4.68. The normalized spacial score (nSPS) is 10.2. The van der Waals surface area contributed by atoms with Crippen LogP contribution in [0.15, 0.2) is 18.2 Å². The van der Waals surface area contributed by atoms with Crippen molar-refractivity contribution in [1.29, 1.82) is 0 Å². The predicted octanol–water partition coefficient (Wildman–Crippen LogP) is 2.33. The molecule has 1 aromatic carbocycles. The molecule has 0 fully saturated rings. The Morgan fingerprint density at radius 1 is 1.47 bits per heavy atom. The highest BCUT2D eigenvalue weighted by molar-refractivity contribution is 7.16. The monoisotopic (exact) mass is 268 g/mol. The van der Waals surface area contributed by atoms with E-state index in [-0.39, 0.29) is 16.0 Å². The van der Waals surface area contributed by atoms with Crippen molar-refractivity contribution in [3.05, 3.63) is 33.8 Å². The number of rotatable bonds is 2. The lowest BCUT2D eigenvalue weighted by atomic mass is 10.2. The maximum Gasteiger partial charge on any atom is 0.286 e. The van der Waals surface area contributed by atoms with Crippen LogP contribution < -0.4 is 11.1 Å². The molecule has 0 spiro atoms. The van der Waals surface area contributed by atoms with Gasteiger partial charge in [0.05, 0.1) is 0 Å². The van der Waals surface area contributed by atoms with Crippen molar-refractivity contribution in [1.82, 2.24) is 10.2 Å². The van der Waals surface area contributed by atoms with Crippen molar-refractivity contribution in [3.63, 3.8) is 0 Å². The van der Waals surface area contributed by atoms with Gasteiger partial charge in [0.25, 0.3) is 5.91 Å². The Balaban J connectivity index is 2.21. The van der Waals surface area contributed by atoms with E-state index in [1.54, 1.807) is 18.2 Å². The van der Waals surface area contributed by atoms with Crippen LogP contribution in [0.1, 0.15) is 15.4 Å². The van der Waals surface area contributed by atoms with E-state index in [9.17, 15) is 4.79 Å². The fraction of sp³-hybridized carbons (Fsp3) is 0.100. The van der Waals surface area contributed by atoms with E-state index >= 15 is 0 Å². The largest absolute Gasteiger partial charge is 0.374 e. The third-order valence-corrected chi connectivity index (χ3v) is 3.31. The summed E-state index contributed by atoms with van der Waals surface area (Å²) in [5.41, 5.74) is 6.86. The molecule has 1 amide bonds. The first-order valence-corrected chi connectivity index (χ1v) is 5.93. The van der Waals surface area contributed by atoms with Gasteiger partial charge in [0, 0.05) is 10.7 Å². The SMILES string of the molecule is Cc1c(Cl)cccc1NC(=O)c1nnc(N)s1. The van der Waals surface area contributed by atoms with Crippen LogP contribution in [0.25, 0.3) is 0 Å². The summed E-state index contributed by atoms with van der Waals surface area (Å²) in [6.45, 7) is 1.83. The van der Waals surface area contributed by atoms with Crippen LogP contribution in [0.3, 0.4) is 0 Å². The van der Waals surface area contributed by atoms with Crippen molar-refractivity contribution in [2.45, 2.75) is 6.92 Å². The van der Waals surface area contributed by atoms with Crippen molar-refractivity contribution in [2.75, 3.05) is 11.1 Å². The van der Waals surface area contributed by atoms with Gasteiger partial charge in [-0.05, 0) is 24.6 Å². The summed E-state index contributed by atoms with van der Waals surface area (Å²) >= 11 is 6.99. The number of aromatic nitrogens is 2. The van der Waals surface area contributed by atoms with E-state index in [4.69, 9.17) is 17.3 Å². The van der Waals surface area contributed by atoms with Crippen molar-refractivity contribution in [2.24, 2.45) is 0 Å². The number of carbonyl (C=O) groups excluding carboxylic acids is 1. The topological polar surface area (TPSA) is 80.9 Å². The highest BCUT2D eigenvalue weighted by Crippen LogP contribution is 2.23. The second-order valence-electron chi connectivity index (χ2n) is 3.31. The molecule has 0 aliphatic heterocycles. The first-order chi connectivity index (χ1) is 8.08. The Morgan fingerprint density at radius 3 is 2.88 bits per heavy atom. The van der Waals surface area contributed by atoms with E-state index < -0.39 is 0 Å². The molecule has 88 valence electrons. The molecule has 0 unspecified atom stereocenters. The van der Waals surface area contributed by atoms with Gasteiger partial charge < -0.3 is 11.1 Å². The van der Waals surface area contributed by atoms with Crippen LogP contribution in [-0.2, 0) is 0 Å². The molecule has 0 bridgehead atoms. The smallest absolute Gasteiger partial charge is 0.286 e. The van der Waals surface area contributed by atoms with Gasteiger partial charge in [-0.25, -0.2) is 0 Å². The van der Waals surface area contributed by atoms with E-state index in [2.05, 4.69) is 15.5 Å². The molecule has 1 heterocycles. The van der Waals surface area contributed by atoms with Crippen LogP contribution in [0, 0.1) is 6.92 Å². The van der Waals surface area contributed by atoms with Gasteiger partial charge in [0.2, 0.25) is 10.1 Å². The van der Waals surface area contributed by atoms with Gasteiger partial charge in [-0.15, -0.1) is 10.2 Å².